The SMILES string of the molecule is Cn1nnnc1SCc1ccc(CC(=O)NN)cc1. The summed E-state index contributed by atoms with van der Waals surface area (Å²) in [6.07, 6.45) is 0.289. The number of nitrogens with zero attached hydrogens (tertiary/aromatic N) is 4. The summed E-state index contributed by atoms with van der Waals surface area (Å²) in [7, 11) is 1.80. The number of rotatable bonds is 5. The molecule has 0 radical (unpaired) electrons. The van der Waals surface area contributed by atoms with Crippen LogP contribution >= 0.6 is 11.8 Å². The van der Waals surface area contributed by atoms with Crippen LogP contribution in [0.3, 0.4) is 0 Å². The summed E-state index contributed by atoms with van der Waals surface area (Å²) < 4.78 is 1.63. The molecule has 1 aromatic carbocycles. The van der Waals surface area contributed by atoms with Crippen molar-refractivity contribution in [3.05, 3.63) is 35.4 Å². The minimum atomic E-state index is -0.202. The van der Waals surface area contributed by atoms with Crippen LogP contribution in [0.5, 0.6) is 0 Å². The Morgan fingerprint density at radius 2 is 2.05 bits per heavy atom. The predicted octanol–water partition coefficient (Wildman–Crippen LogP) is 0.0348. The van der Waals surface area contributed by atoms with Crippen LogP contribution in [0.15, 0.2) is 29.4 Å². The Balaban J connectivity index is 1.92. The van der Waals surface area contributed by atoms with Crippen LogP contribution in [0.1, 0.15) is 11.1 Å². The predicted molar refractivity (Wildman–Crippen MR) is 70.8 cm³/mol. The largest absolute Gasteiger partial charge is 0.294 e. The molecular weight excluding hydrogens is 264 g/mol. The fraction of sp³-hybridized carbons (Fsp3) is 0.273. The first-order chi connectivity index (χ1) is 9.19. The number of amides is 1. The molecule has 3 N–H and O–H groups in total. The zero-order valence-corrected chi connectivity index (χ0v) is 11.2. The molecule has 8 heteroatoms. The van der Waals surface area contributed by atoms with E-state index in [9.17, 15) is 4.79 Å². The molecule has 0 spiro atoms. The molecule has 0 aliphatic heterocycles. The van der Waals surface area contributed by atoms with Crippen LogP contribution in [0.2, 0.25) is 0 Å². The van der Waals surface area contributed by atoms with Gasteiger partial charge in [-0.2, -0.15) is 0 Å². The van der Waals surface area contributed by atoms with Crippen molar-refractivity contribution in [2.24, 2.45) is 12.9 Å². The van der Waals surface area contributed by atoms with Crippen molar-refractivity contribution < 1.29 is 4.79 Å². The van der Waals surface area contributed by atoms with Crippen molar-refractivity contribution in [1.82, 2.24) is 25.6 Å². The van der Waals surface area contributed by atoms with E-state index in [1.165, 1.54) is 0 Å². The Kier molecular flexibility index (Phi) is 4.48. The summed E-state index contributed by atoms with van der Waals surface area (Å²) in [5.74, 6) is 5.62. The highest BCUT2D eigenvalue weighted by Gasteiger charge is 2.04. The van der Waals surface area contributed by atoms with Gasteiger partial charge >= 0.3 is 0 Å². The lowest BCUT2D eigenvalue weighted by molar-refractivity contribution is -0.120. The number of hydrazine groups is 1. The number of hydrogen-bond acceptors (Lipinski definition) is 6. The highest BCUT2D eigenvalue weighted by molar-refractivity contribution is 7.98. The maximum absolute atomic E-state index is 11.1. The van der Waals surface area contributed by atoms with Crippen molar-refractivity contribution in [2.45, 2.75) is 17.3 Å². The van der Waals surface area contributed by atoms with Crippen molar-refractivity contribution in [2.75, 3.05) is 0 Å². The van der Waals surface area contributed by atoms with E-state index in [1.54, 1.807) is 23.5 Å². The standard InChI is InChI=1S/C11H14N6OS/c1-17-11(14-15-16-17)19-7-9-4-2-8(3-5-9)6-10(18)13-12/h2-5H,6-7,12H2,1H3,(H,13,18). The lowest BCUT2D eigenvalue weighted by Crippen LogP contribution is -2.31. The molecule has 0 aliphatic rings. The number of carbonyl (C=O) groups excluding carboxylic acids is 1. The first-order valence-corrected chi connectivity index (χ1v) is 6.60. The van der Waals surface area contributed by atoms with E-state index in [0.29, 0.717) is 0 Å². The molecule has 0 unspecified atom stereocenters. The van der Waals surface area contributed by atoms with E-state index in [2.05, 4.69) is 21.0 Å². The summed E-state index contributed by atoms with van der Waals surface area (Å²) >= 11 is 1.56. The maximum atomic E-state index is 11.1. The molecule has 2 aromatic rings. The van der Waals surface area contributed by atoms with Crippen LogP contribution in [0.25, 0.3) is 0 Å². The fourth-order valence-electron chi connectivity index (χ4n) is 1.48. The van der Waals surface area contributed by atoms with Gasteiger partial charge in [-0.15, -0.1) is 5.10 Å². The van der Waals surface area contributed by atoms with E-state index < -0.39 is 0 Å². The van der Waals surface area contributed by atoms with Crippen LogP contribution in [-0.4, -0.2) is 26.1 Å². The molecule has 0 bridgehead atoms. The van der Waals surface area contributed by atoms with Gasteiger partial charge in [0.2, 0.25) is 11.1 Å². The highest BCUT2D eigenvalue weighted by Crippen LogP contribution is 2.19. The van der Waals surface area contributed by atoms with Gasteiger partial charge in [-0.3, -0.25) is 10.2 Å². The highest BCUT2D eigenvalue weighted by atomic mass is 32.2. The van der Waals surface area contributed by atoms with E-state index >= 15 is 0 Å². The first kappa shape index (κ1) is 13.5. The number of thioether (sulfide) groups is 1. The summed E-state index contributed by atoms with van der Waals surface area (Å²) in [4.78, 5) is 11.1. The monoisotopic (exact) mass is 278 g/mol. The quantitative estimate of drug-likeness (QED) is 0.347. The van der Waals surface area contributed by atoms with Crippen molar-refractivity contribution in [1.29, 1.82) is 0 Å². The van der Waals surface area contributed by atoms with Crippen LogP contribution in [-0.2, 0) is 24.0 Å². The van der Waals surface area contributed by atoms with Crippen LogP contribution < -0.4 is 11.3 Å². The van der Waals surface area contributed by atoms with E-state index in [-0.39, 0.29) is 12.3 Å². The Labute approximate surface area is 114 Å². The average Bonchev–Trinajstić information content (AvgIpc) is 2.83. The topological polar surface area (TPSA) is 98.7 Å². The first-order valence-electron chi connectivity index (χ1n) is 5.61. The molecule has 7 nitrogen and oxygen atoms in total. The fourth-order valence-corrected chi connectivity index (χ4v) is 2.29. The van der Waals surface area contributed by atoms with E-state index in [4.69, 9.17) is 5.84 Å². The smallest absolute Gasteiger partial charge is 0.238 e. The minimum Gasteiger partial charge on any atom is -0.294 e. The summed E-state index contributed by atoms with van der Waals surface area (Å²) in [5.41, 5.74) is 4.18. The Morgan fingerprint density at radius 3 is 2.63 bits per heavy atom. The van der Waals surface area contributed by atoms with Crippen molar-refractivity contribution in [3.63, 3.8) is 0 Å². The number of carbonyl (C=O) groups is 1. The van der Waals surface area contributed by atoms with Gasteiger partial charge in [0.15, 0.2) is 0 Å². The van der Waals surface area contributed by atoms with Gasteiger partial charge < -0.3 is 0 Å². The van der Waals surface area contributed by atoms with Gasteiger partial charge in [0, 0.05) is 12.8 Å². The Bertz CT molecular complexity index is 553. The number of tetrazole rings is 1. The maximum Gasteiger partial charge on any atom is 0.238 e. The van der Waals surface area contributed by atoms with Crippen LogP contribution in [0.4, 0.5) is 0 Å². The third-order valence-corrected chi connectivity index (χ3v) is 3.58. The molecule has 1 amide bonds. The second kappa shape index (κ2) is 6.30. The zero-order chi connectivity index (χ0) is 13.7. The van der Waals surface area contributed by atoms with Gasteiger partial charge in [0.25, 0.3) is 0 Å². The number of aryl methyl sites for hydroxylation is 1. The molecular formula is C11H14N6OS. The molecule has 100 valence electrons. The lowest BCUT2D eigenvalue weighted by Gasteiger charge is -2.03. The summed E-state index contributed by atoms with van der Waals surface area (Å²) in [6, 6.07) is 7.80. The van der Waals surface area contributed by atoms with E-state index in [0.717, 1.165) is 22.0 Å². The molecule has 19 heavy (non-hydrogen) atoms. The van der Waals surface area contributed by atoms with E-state index in [1.807, 2.05) is 24.3 Å². The second-order valence-corrected chi connectivity index (χ2v) is 4.88. The molecule has 0 fully saturated rings. The Morgan fingerprint density at radius 1 is 1.37 bits per heavy atom. The van der Waals surface area contributed by atoms with Gasteiger partial charge in [-0.25, -0.2) is 10.5 Å². The molecule has 0 saturated heterocycles. The average molecular weight is 278 g/mol. The summed E-state index contributed by atoms with van der Waals surface area (Å²) in [6.45, 7) is 0. The number of hydrogen-bond donors (Lipinski definition) is 2. The van der Waals surface area contributed by atoms with Crippen molar-refractivity contribution >= 4 is 17.7 Å². The number of nitrogens with one attached hydrogen (secondary N) is 1. The van der Waals surface area contributed by atoms with Crippen molar-refractivity contribution in [3.8, 4) is 0 Å². The number of benzene rings is 1. The number of nitrogens with two attached hydrogens (primary N) is 1. The Hall–Kier alpha value is -1.93. The van der Waals surface area contributed by atoms with Gasteiger partial charge in [-0.05, 0) is 21.6 Å². The number of aromatic nitrogens is 4. The van der Waals surface area contributed by atoms with Gasteiger partial charge in [-0.1, -0.05) is 36.0 Å². The van der Waals surface area contributed by atoms with Crippen LogP contribution in [0, 0.1) is 0 Å². The normalized spacial score (nSPS) is 10.4. The summed E-state index contributed by atoms with van der Waals surface area (Å²) in [5, 5.41) is 12.0. The van der Waals surface area contributed by atoms with Gasteiger partial charge in [0.05, 0.1) is 6.42 Å². The molecule has 1 aromatic heterocycles. The lowest BCUT2D eigenvalue weighted by atomic mass is 10.1. The third kappa shape index (κ3) is 3.76. The molecule has 0 atom stereocenters. The van der Waals surface area contributed by atoms with Gasteiger partial charge in [0.1, 0.15) is 0 Å². The molecule has 0 saturated carbocycles. The second-order valence-electron chi connectivity index (χ2n) is 3.93. The minimum absolute atomic E-state index is 0.202. The zero-order valence-electron chi connectivity index (χ0n) is 10.4. The molecule has 2 rings (SSSR count). The molecule has 0 aliphatic carbocycles. The molecule has 1 heterocycles. The third-order valence-electron chi connectivity index (χ3n) is 2.50.